The zero-order chi connectivity index (χ0) is 12.3. The molecule has 0 heterocycles. The summed E-state index contributed by atoms with van der Waals surface area (Å²) in [5, 5.41) is 13.0. The van der Waals surface area contributed by atoms with Crippen LogP contribution in [-0.4, -0.2) is 16.7 Å². The number of nitrogens with one attached hydrogen (secondary N) is 1. The maximum atomic E-state index is 13.0. The molecule has 0 bridgehead atoms. The average molecular weight is 225 g/mol. The SMILES string of the molecule is CC(NC(C)C(C)(C)O)c1cccc(F)c1. The lowest BCUT2D eigenvalue weighted by molar-refractivity contribution is 0.0405. The summed E-state index contributed by atoms with van der Waals surface area (Å²) in [6, 6.07) is 6.45. The zero-order valence-corrected chi connectivity index (χ0v) is 10.3. The number of aliphatic hydroxyl groups is 1. The highest BCUT2D eigenvalue weighted by molar-refractivity contribution is 5.19. The van der Waals surface area contributed by atoms with Crippen LogP contribution in [0.25, 0.3) is 0 Å². The molecule has 1 aromatic carbocycles. The summed E-state index contributed by atoms with van der Waals surface area (Å²) in [5.74, 6) is -0.234. The van der Waals surface area contributed by atoms with Gasteiger partial charge in [-0.15, -0.1) is 0 Å². The molecular weight excluding hydrogens is 205 g/mol. The summed E-state index contributed by atoms with van der Waals surface area (Å²) >= 11 is 0. The summed E-state index contributed by atoms with van der Waals surface area (Å²) in [5.41, 5.74) is 0.0952. The average Bonchev–Trinajstić information content (AvgIpc) is 2.16. The van der Waals surface area contributed by atoms with Gasteiger partial charge in [-0.25, -0.2) is 4.39 Å². The third kappa shape index (κ3) is 3.58. The molecule has 2 unspecified atom stereocenters. The zero-order valence-electron chi connectivity index (χ0n) is 10.3. The van der Waals surface area contributed by atoms with Gasteiger partial charge in [0.2, 0.25) is 0 Å². The van der Waals surface area contributed by atoms with Crippen molar-refractivity contribution < 1.29 is 9.50 Å². The number of halogens is 1. The summed E-state index contributed by atoms with van der Waals surface area (Å²) in [4.78, 5) is 0. The lowest BCUT2D eigenvalue weighted by Crippen LogP contribution is -2.45. The van der Waals surface area contributed by atoms with Crippen LogP contribution in [0.2, 0.25) is 0 Å². The van der Waals surface area contributed by atoms with Crippen molar-refractivity contribution in [2.24, 2.45) is 0 Å². The Labute approximate surface area is 96.5 Å². The van der Waals surface area contributed by atoms with Crippen LogP contribution in [0.15, 0.2) is 24.3 Å². The van der Waals surface area contributed by atoms with Crippen molar-refractivity contribution >= 4 is 0 Å². The van der Waals surface area contributed by atoms with Gasteiger partial charge in [-0.1, -0.05) is 12.1 Å². The third-order valence-corrected chi connectivity index (χ3v) is 2.91. The molecule has 0 aliphatic heterocycles. The Morgan fingerprint density at radius 2 is 1.94 bits per heavy atom. The molecule has 0 aliphatic rings. The highest BCUT2D eigenvalue weighted by Gasteiger charge is 2.23. The van der Waals surface area contributed by atoms with Crippen molar-refractivity contribution in [2.45, 2.75) is 45.4 Å². The number of rotatable bonds is 4. The minimum absolute atomic E-state index is 0.0112. The molecule has 0 aliphatic carbocycles. The fourth-order valence-corrected chi connectivity index (χ4v) is 1.45. The van der Waals surface area contributed by atoms with E-state index in [1.54, 1.807) is 19.9 Å². The Hall–Kier alpha value is -0.930. The molecule has 0 aromatic heterocycles. The second-order valence-electron chi connectivity index (χ2n) is 4.82. The molecular formula is C13H20FNO. The van der Waals surface area contributed by atoms with E-state index in [-0.39, 0.29) is 17.9 Å². The maximum Gasteiger partial charge on any atom is 0.123 e. The predicted octanol–water partition coefficient (Wildman–Crippen LogP) is 2.64. The van der Waals surface area contributed by atoms with Crippen LogP contribution in [0.1, 0.15) is 39.3 Å². The minimum Gasteiger partial charge on any atom is -0.389 e. The predicted molar refractivity (Wildman–Crippen MR) is 63.7 cm³/mol. The van der Waals surface area contributed by atoms with Gasteiger partial charge < -0.3 is 10.4 Å². The van der Waals surface area contributed by atoms with E-state index < -0.39 is 5.60 Å². The second kappa shape index (κ2) is 4.93. The van der Waals surface area contributed by atoms with E-state index in [9.17, 15) is 9.50 Å². The lowest BCUT2D eigenvalue weighted by atomic mass is 9.98. The lowest BCUT2D eigenvalue weighted by Gasteiger charge is -2.30. The molecule has 1 aromatic rings. The van der Waals surface area contributed by atoms with Crippen LogP contribution in [-0.2, 0) is 0 Å². The number of benzene rings is 1. The Bertz CT molecular complexity index is 346. The first-order chi connectivity index (χ1) is 7.30. The first-order valence-corrected chi connectivity index (χ1v) is 5.54. The van der Waals surface area contributed by atoms with E-state index >= 15 is 0 Å². The molecule has 90 valence electrons. The van der Waals surface area contributed by atoms with Crippen molar-refractivity contribution in [3.8, 4) is 0 Å². The van der Waals surface area contributed by atoms with Crippen molar-refractivity contribution in [3.05, 3.63) is 35.6 Å². The fraction of sp³-hybridized carbons (Fsp3) is 0.538. The van der Waals surface area contributed by atoms with Gasteiger partial charge in [-0.05, 0) is 45.4 Å². The topological polar surface area (TPSA) is 32.3 Å². The van der Waals surface area contributed by atoms with Gasteiger partial charge in [-0.3, -0.25) is 0 Å². The van der Waals surface area contributed by atoms with Gasteiger partial charge in [0.1, 0.15) is 5.82 Å². The molecule has 2 N–H and O–H groups in total. The van der Waals surface area contributed by atoms with E-state index in [0.717, 1.165) is 5.56 Å². The largest absolute Gasteiger partial charge is 0.389 e. The van der Waals surface area contributed by atoms with Crippen LogP contribution in [0.5, 0.6) is 0 Å². The standard InChI is InChI=1S/C13H20FNO/c1-9(15-10(2)13(3,4)16)11-6-5-7-12(14)8-11/h5-10,15-16H,1-4H3. The highest BCUT2D eigenvalue weighted by Crippen LogP contribution is 2.17. The first-order valence-electron chi connectivity index (χ1n) is 5.54. The number of hydrogen-bond donors (Lipinski definition) is 2. The molecule has 0 saturated heterocycles. The Balaban J connectivity index is 2.69. The van der Waals surface area contributed by atoms with Crippen LogP contribution in [0.4, 0.5) is 4.39 Å². The summed E-state index contributed by atoms with van der Waals surface area (Å²) < 4.78 is 13.0. The van der Waals surface area contributed by atoms with E-state index in [4.69, 9.17) is 0 Å². The van der Waals surface area contributed by atoms with Crippen molar-refractivity contribution in [1.29, 1.82) is 0 Å². The minimum atomic E-state index is -0.790. The van der Waals surface area contributed by atoms with Crippen LogP contribution >= 0.6 is 0 Å². The van der Waals surface area contributed by atoms with Gasteiger partial charge in [0.15, 0.2) is 0 Å². The molecule has 0 fully saturated rings. The monoisotopic (exact) mass is 225 g/mol. The molecule has 3 heteroatoms. The van der Waals surface area contributed by atoms with Crippen LogP contribution in [0, 0.1) is 5.82 Å². The Morgan fingerprint density at radius 3 is 2.44 bits per heavy atom. The molecule has 0 spiro atoms. The summed E-state index contributed by atoms with van der Waals surface area (Å²) in [6.45, 7) is 7.37. The van der Waals surface area contributed by atoms with Crippen molar-refractivity contribution in [3.63, 3.8) is 0 Å². The molecule has 2 nitrogen and oxygen atoms in total. The molecule has 0 radical (unpaired) electrons. The van der Waals surface area contributed by atoms with Gasteiger partial charge in [0.25, 0.3) is 0 Å². The van der Waals surface area contributed by atoms with Gasteiger partial charge in [0.05, 0.1) is 5.60 Å². The fourth-order valence-electron chi connectivity index (χ4n) is 1.45. The molecule has 0 saturated carbocycles. The smallest absolute Gasteiger partial charge is 0.123 e. The first kappa shape index (κ1) is 13.1. The van der Waals surface area contributed by atoms with Crippen molar-refractivity contribution in [1.82, 2.24) is 5.32 Å². The van der Waals surface area contributed by atoms with Gasteiger partial charge >= 0.3 is 0 Å². The van der Waals surface area contributed by atoms with E-state index in [0.29, 0.717) is 0 Å². The maximum absolute atomic E-state index is 13.0. The third-order valence-electron chi connectivity index (χ3n) is 2.91. The molecule has 1 rings (SSSR count). The van der Waals surface area contributed by atoms with Crippen LogP contribution in [0.3, 0.4) is 0 Å². The van der Waals surface area contributed by atoms with Gasteiger partial charge in [-0.2, -0.15) is 0 Å². The normalized spacial score (nSPS) is 15.9. The van der Waals surface area contributed by atoms with E-state index in [1.807, 2.05) is 19.9 Å². The molecule has 2 atom stereocenters. The summed E-state index contributed by atoms with van der Waals surface area (Å²) in [7, 11) is 0. The van der Waals surface area contributed by atoms with Gasteiger partial charge in [0, 0.05) is 12.1 Å². The van der Waals surface area contributed by atoms with Crippen LogP contribution < -0.4 is 5.32 Å². The quantitative estimate of drug-likeness (QED) is 0.825. The molecule has 16 heavy (non-hydrogen) atoms. The Morgan fingerprint density at radius 1 is 1.31 bits per heavy atom. The summed E-state index contributed by atoms with van der Waals surface area (Å²) in [6.07, 6.45) is 0. The van der Waals surface area contributed by atoms with Crippen molar-refractivity contribution in [2.75, 3.05) is 0 Å². The highest BCUT2D eigenvalue weighted by atomic mass is 19.1. The second-order valence-corrected chi connectivity index (χ2v) is 4.82. The van der Waals surface area contributed by atoms with E-state index in [1.165, 1.54) is 12.1 Å². The van der Waals surface area contributed by atoms with E-state index in [2.05, 4.69) is 5.32 Å². The Kier molecular flexibility index (Phi) is 4.05. The number of hydrogen-bond acceptors (Lipinski definition) is 2. The molecule has 0 amide bonds.